The average Bonchev–Trinajstić information content (AvgIpc) is 3.29. The Kier molecular flexibility index (Phi) is 6.66. The molecule has 3 heteroatoms. The van der Waals surface area contributed by atoms with Crippen LogP contribution >= 0.6 is 0 Å². The molecule has 0 saturated heterocycles. The molecule has 0 atom stereocenters. The molecular formula is C35H34IrN2-2. The largest absolute Gasteiger partial charge is 0.492 e. The second kappa shape index (κ2) is 9.56. The minimum atomic E-state index is 0. The molecule has 0 amide bonds. The van der Waals surface area contributed by atoms with Crippen molar-refractivity contribution >= 4 is 22.8 Å². The molecule has 0 saturated carbocycles. The van der Waals surface area contributed by atoms with Gasteiger partial charge in [-0.1, -0.05) is 125 Å². The summed E-state index contributed by atoms with van der Waals surface area (Å²) in [6.45, 7) is 15.9. The average molecular weight is 675 g/mol. The van der Waals surface area contributed by atoms with Crippen LogP contribution in [-0.2, 0) is 30.9 Å². The first-order valence-corrected chi connectivity index (χ1v) is 13.1. The van der Waals surface area contributed by atoms with Gasteiger partial charge in [0.15, 0.2) is 0 Å². The molecule has 2 aliphatic rings. The number of fused-ring (bicyclic) bond motifs is 6. The van der Waals surface area contributed by atoms with Crippen molar-refractivity contribution in [1.82, 2.24) is 0 Å². The first-order chi connectivity index (χ1) is 17.6. The molecule has 195 valence electrons. The quantitative estimate of drug-likeness (QED) is 0.196. The Balaban J connectivity index is 0.00000294. The molecule has 0 unspecified atom stereocenters. The SMILES string of the molecule is CC(C)(C)c1c[c-]c2c(c1)-c1cc(C(C)(C)C)ccc1C1=C(c3ccccc3)N(c3ccccc3)[CH-]N12.[Ir]. The van der Waals surface area contributed by atoms with Gasteiger partial charge < -0.3 is 9.80 Å². The number of hydrogen-bond acceptors (Lipinski definition) is 2. The summed E-state index contributed by atoms with van der Waals surface area (Å²) in [5.41, 5.74) is 12.4. The van der Waals surface area contributed by atoms with Crippen LogP contribution in [0, 0.1) is 12.7 Å². The Morgan fingerprint density at radius 2 is 1.21 bits per heavy atom. The van der Waals surface area contributed by atoms with Gasteiger partial charge in [-0.25, -0.2) is 0 Å². The van der Waals surface area contributed by atoms with Crippen LogP contribution in [-0.4, -0.2) is 0 Å². The molecule has 2 aliphatic heterocycles. The summed E-state index contributed by atoms with van der Waals surface area (Å²) in [4.78, 5) is 4.67. The van der Waals surface area contributed by atoms with Crippen LogP contribution in [0.4, 0.5) is 11.4 Å². The third kappa shape index (κ3) is 4.42. The topological polar surface area (TPSA) is 6.48 Å². The van der Waals surface area contributed by atoms with E-state index in [0.29, 0.717) is 0 Å². The first-order valence-electron chi connectivity index (χ1n) is 13.1. The second-order valence-corrected chi connectivity index (χ2v) is 12.2. The zero-order valence-electron chi connectivity index (χ0n) is 23.0. The summed E-state index contributed by atoms with van der Waals surface area (Å²) in [5.74, 6) is 0. The van der Waals surface area contributed by atoms with Gasteiger partial charge in [-0.3, -0.25) is 0 Å². The summed E-state index contributed by atoms with van der Waals surface area (Å²) >= 11 is 0. The molecule has 4 aromatic rings. The summed E-state index contributed by atoms with van der Waals surface area (Å²) in [5, 5.41) is 0. The molecule has 2 heterocycles. The Morgan fingerprint density at radius 3 is 1.84 bits per heavy atom. The maximum Gasteiger partial charge on any atom is 0.0424 e. The fourth-order valence-electron chi connectivity index (χ4n) is 5.31. The predicted molar refractivity (Wildman–Crippen MR) is 157 cm³/mol. The predicted octanol–water partition coefficient (Wildman–Crippen LogP) is 9.03. The second-order valence-electron chi connectivity index (χ2n) is 12.2. The molecule has 2 nitrogen and oxygen atoms in total. The first kappa shape index (κ1) is 26.5. The van der Waals surface area contributed by atoms with E-state index in [1.54, 1.807) is 0 Å². The van der Waals surface area contributed by atoms with Gasteiger partial charge in [-0.2, -0.15) is 18.2 Å². The van der Waals surface area contributed by atoms with Gasteiger partial charge in [0.25, 0.3) is 0 Å². The van der Waals surface area contributed by atoms with E-state index < -0.39 is 0 Å². The minimum Gasteiger partial charge on any atom is -0.492 e. The number of nitrogens with zero attached hydrogens (tertiary/aromatic N) is 2. The van der Waals surface area contributed by atoms with Gasteiger partial charge in [0.05, 0.1) is 0 Å². The third-order valence-corrected chi connectivity index (χ3v) is 7.48. The molecule has 0 N–H and O–H groups in total. The van der Waals surface area contributed by atoms with E-state index in [0.717, 1.165) is 11.4 Å². The van der Waals surface area contributed by atoms with Crippen molar-refractivity contribution in [2.24, 2.45) is 0 Å². The van der Waals surface area contributed by atoms with E-state index in [1.165, 1.54) is 44.8 Å². The standard InChI is InChI=1S/C35H34N2.Ir/c1-34(2,3)25-17-19-28-29(21-25)30-22-26(35(4,5)6)18-20-31(30)37-23-36(27-15-11-8-12-16-27)32(33(28)37)24-13-9-7-10-14-24;/h7-19,21-23H,1-6H3;/q-2;. The van der Waals surface area contributed by atoms with Gasteiger partial charge in [0.2, 0.25) is 0 Å². The zero-order valence-corrected chi connectivity index (χ0v) is 25.4. The fourth-order valence-corrected chi connectivity index (χ4v) is 5.31. The van der Waals surface area contributed by atoms with Crippen LogP contribution in [0.1, 0.15) is 63.8 Å². The Morgan fingerprint density at radius 1 is 0.605 bits per heavy atom. The van der Waals surface area contributed by atoms with Crippen molar-refractivity contribution in [3.63, 3.8) is 0 Å². The van der Waals surface area contributed by atoms with Gasteiger partial charge in [-0.15, -0.1) is 17.8 Å². The summed E-state index contributed by atoms with van der Waals surface area (Å²) < 4.78 is 0. The van der Waals surface area contributed by atoms with E-state index in [-0.39, 0.29) is 30.9 Å². The molecule has 0 spiro atoms. The molecule has 0 bridgehead atoms. The van der Waals surface area contributed by atoms with Crippen molar-refractivity contribution in [1.29, 1.82) is 0 Å². The van der Waals surface area contributed by atoms with Gasteiger partial charge >= 0.3 is 0 Å². The molecule has 4 aromatic carbocycles. The van der Waals surface area contributed by atoms with Crippen LogP contribution < -0.4 is 9.80 Å². The number of anilines is 2. The summed E-state index contributed by atoms with van der Waals surface area (Å²) in [6.07, 6.45) is 0. The zero-order chi connectivity index (χ0) is 25.9. The number of hydrogen-bond donors (Lipinski definition) is 0. The van der Waals surface area contributed by atoms with Crippen molar-refractivity contribution < 1.29 is 20.1 Å². The van der Waals surface area contributed by atoms with Crippen molar-refractivity contribution in [3.8, 4) is 11.1 Å². The number of benzene rings is 4. The molecule has 1 radical (unpaired) electrons. The normalized spacial score (nSPS) is 14.6. The fraction of sp³-hybridized carbons (Fsp3) is 0.229. The van der Waals surface area contributed by atoms with Crippen LogP contribution in [0.25, 0.3) is 22.5 Å². The van der Waals surface area contributed by atoms with Crippen LogP contribution in [0.2, 0.25) is 0 Å². The van der Waals surface area contributed by atoms with Crippen LogP contribution in [0.3, 0.4) is 0 Å². The van der Waals surface area contributed by atoms with E-state index in [9.17, 15) is 0 Å². The van der Waals surface area contributed by atoms with E-state index >= 15 is 0 Å². The van der Waals surface area contributed by atoms with Crippen LogP contribution in [0.5, 0.6) is 0 Å². The molecule has 38 heavy (non-hydrogen) atoms. The van der Waals surface area contributed by atoms with E-state index in [1.807, 2.05) is 0 Å². The Bertz CT molecular complexity index is 1510. The maximum absolute atomic E-state index is 3.71. The summed E-state index contributed by atoms with van der Waals surface area (Å²) in [7, 11) is 0. The van der Waals surface area contributed by atoms with Gasteiger partial charge in [0.1, 0.15) is 0 Å². The van der Waals surface area contributed by atoms with E-state index in [4.69, 9.17) is 0 Å². The molecule has 6 rings (SSSR count). The van der Waals surface area contributed by atoms with Crippen molar-refractivity contribution in [2.75, 3.05) is 9.80 Å². The van der Waals surface area contributed by atoms with Gasteiger partial charge in [0, 0.05) is 37.2 Å². The molecular weight excluding hydrogens is 641 g/mol. The monoisotopic (exact) mass is 675 g/mol. The molecule has 0 fully saturated rings. The molecule has 0 aromatic heterocycles. The number of rotatable bonds is 2. The van der Waals surface area contributed by atoms with Crippen molar-refractivity contribution in [2.45, 2.75) is 52.4 Å². The van der Waals surface area contributed by atoms with E-state index in [2.05, 4.69) is 155 Å². The molecule has 0 aliphatic carbocycles. The maximum atomic E-state index is 3.71. The smallest absolute Gasteiger partial charge is 0.0424 e. The Labute approximate surface area is 241 Å². The van der Waals surface area contributed by atoms with Crippen LogP contribution in [0.15, 0.2) is 91.0 Å². The number of para-hydroxylation sites is 1. The van der Waals surface area contributed by atoms with Crippen molar-refractivity contribution in [3.05, 3.63) is 126 Å². The summed E-state index contributed by atoms with van der Waals surface area (Å²) in [6, 6.07) is 36.7. The minimum absolute atomic E-state index is 0. The van der Waals surface area contributed by atoms with Gasteiger partial charge in [-0.05, 0) is 34.2 Å². The third-order valence-electron chi connectivity index (χ3n) is 7.48. The Hall–Kier alpha value is -3.13.